The van der Waals surface area contributed by atoms with Crippen LogP contribution in [0.3, 0.4) is 0 Å². The first kappa shape index (κ1) is 15.8. The monoisotopic (exact) mass is 513 g/mol. The summed E-state index contributed by atoms with van der Waals surface area (Å²) in [6.07, 6.45) is 1.39. The lowest BCUT2D eigenvalue weighted by atomic mass is 10.2. The molecule has 0 fully saturated rings. The number of benzene rings is 2. The molecule has 0 aliphatic rings. The van der Waals surface area contributed by atoms with Gasteiger partial charge in [-0.3, -0.25) is 0 Å². The Hall–Kier alpha value is -0.540. The standard InChI is InChI=1S/C14H10ClI2NO2/c15-11-4-2-1-3-10(11)8-20-14-12(16)5-9(7-18-19)6-13(14)17/h1-7,19H,8H2/b18-7-. The summed E-state index contributed by atoms with van der Waals surface area (Å²) in [4.78, 5) is 0. The average molecular weight is 514 g/mol. The van der Waals surface area contributed by atoms with Crippen molar-refractivity contribution in [1.82, 2.24) is 0 Å². The Balaban J connectivity index is 2.20. The molecule has 2 rings (SSSR count). The van der Waals surface area contributed by atoms with E-state index < -0.39 is 0 Å². The highest BCUT2D eigenvalue weighted by molar-refractivity contribution is 14.1. The third-order valence-electron chi connectivity index (χ3n) is 2.56. The number of ether oxygens (including phenoxy) is 1. The van der Waals surface area contributed by atoms with Gasteiger partial charge in [-0.1, -0.05) is 35.0 Å². The first-order valence-corrected chi connectivity index (χ1v) is 8.18. The molecule has 1 N–H and O–H groups in total. The lowest BCUT2D eigenvalue weighted by Crippen LogP contribution is -2.00. The molecule has 0 radical (unpaired) electrons. The van der Waals surface area contributed by atoms with Crippen LogP contribution in [-0.4, -0.2) is 11.4 Å². The van der Waals surface area contributed by atoms with Crippen molar-refractivity contribution in [3.8, 4) is 5.75 Å². The third-order valence-corrected chi connectivity index (χ3v) is 4.53. The minimum Gasteiger partial charge on any atom is -0.487 e. The highest BCUT2D eigenvalue weighted by Gasteiger charge is 2.09. The van der Waals surface area contributed by atoms with E-state index in [9.17, 15) is 0 Å². The van der Waals surface area contributed by atoms with Crippen LogP contribution in [0.25, 0.3) is 0 Å². The number of halogens is 3. The van der Waals surface area contributed by atoms with E-state index in [0.29, 0.717) is 11.6 Å². The Morgan fingerprint density at radius 2 is 1.85 bits per heavy atom. The highest BCUT2D eigenvalue weighted by atomic mass is 127. The Labute approximate surface area is 149 Å². The maximum Gasteiger partial charge on any atom is 0.146 e. The van der Waals surface area contributed by atoms with Crippen molar-refractivity contribution >= 4 is 63.0 Å². The molecule has 0 aliphatic carbocycles. The van der Waals surface area contributed by atoms with Gasteiger partial charge in [0.05, 0.1) is 13.4 Å². The van der Waals surface area contributed by atoms with E-state index in [1.165, 1.54) is 6.21 Å². The van der Waals surface area contributed by atoms with Crippen LogP contribution in [0.4, 0.5) is 0 Å². The normalized spacial score (nSPS) is 10.9. The molecule has 0 saturated carbocycles. The molecule has 104 valence electrons. The van der Waals surface area contributed by atoms with Crippen molar-refractivity contribution in [3.05, 3.63) is 59.7 Å². The van der Waals surface area contributed by atoms with E-state index in [1.54, 1.807) is 0 Å². The van der Waals surface area contributed by atoms with Gasteiger partial charge in [0.25, 0.3) is 0 Å². The van der Waals surface area contributed by atoms with E-state index >= 15 is 0 Å². The van der Waals surface area contributed by atoms with Gasteiger partial charge in [0.15, 0.2) is 0 Å². The number of oxime groups is 1. The van der Waals surface area contributed by atoms with Gasteiger partial charge in [-0.25, -0.2) is 0 Å². The van der Waals surface area contributed by atoms with Crippen LogP contribution in [0.15, 0.2) is 41.6 Å². The average Bonchev–Trinajstić information content (AvgIpc) is 2.40. The summed E-state index contributed by atoms with van der Waals surface area (Å²) in [5.41, 5.74) is 1.77. The molecule has 6 heteroatoms. The maximum absolute atomic E-state index is 8.57. The summed E-state index contributed by atoms with van der Waals surface area (Å²) in [5, 5.41) is 12.3. The van der Waals surface area contributed by atoms with E-state index in [4.69, 9.17) is 21.5 Å². The molecule has 0 unspecified atom stereocenters. The van der Waals surface area contributed by atoms with Gasteiger partial charge in [0.2, 0.25) is 0 Å². The molecule has 20 heavy (non-hydrogen) atoms. The first-order chi connectivity index (χ1) is 9.61. The molecule has 0 saturated heterocycles. The lowest BCUT2D eigenvalue weighted by Gasteiger charge is -2.12. The number of nitrogens with zero attached hydrogens (tertiary/aromatic N) is 1. The minimum absolute atomic E-state index is 0.416. The van der Waals surface area contributed by atoms with Gasteiger partial charge in [-0.15, -0.1) is 0 Å². The van der Waals surface area contributed by atoms with E-state index in [2.05, 4.69) is 50.3 Å². The Kier molecular flexibility index (Phi) is 5.91. The van der Waals surface area contributed by atoms with Gasteiger partial charge >= 0.3 is 0 Å². The smallest absolute Gasteiger partial charge is 0.146 e. The van der Waals surface area contributed by atoms with Crippen LogP contribution < -0.4 is 4.74 Å². The van der Waals surface area contributed by atoms with Gasteiger partial charge in [0.1, 0.15) is 12.4 Å². The summed E-state index contributed by atoms with van der Waals surface area (Å²) < 4.78 is 7.77. The molecule has 2 aromatic rings. The predicted molar refractivity (Wildman–Crippen MR) is 97.0 cm³/mol. The molecule has 0 bridgehead atoms. The number of hydrogen-bond acceptors (Lipinski definition) is 3. The summed E-state index contributed by atoms with van der Waals surface area (Å²) in [6.45, 7) is 0.416. The van der Waals surface area contributed by atoms with E-state index in [1.807, 2.05) is 36.4 Å². The summed E-state index contributed by atoms with van der Waals surface area (Å²) in [6, 6.07) is 11.4. The number of rotatable bonds is 4. The van der Waals surface area contributed by atoms with Crippen LogP contribution in [-0.2, 0) is 6.61 Å². The van der Waals surface area contributed by atoms with Crippen molar-refractivity contribution < 1.29 is 9.94 Å². The van der Waals surface area contributed by atoms with Crippen molar-refractivity contribution in [2.45, 2.75) is 6.61 Å². The van der Waals surface area contributed by atoms with Crippen LogP contribution in [0.1, 0.15) is 11.1 Å². The molecule has 0 spiro atoms. The fourth-order valence-corrected chi connectivity index (χ4v) is 3.94. The molecule has 0 heterocycles. The van der Waals surface area contributed by atoms with Gasteiger partial charge in [0, 0.05) is 10.6 Å². The Morgan fingerprint density at radius 1 is 1.20 bits per heavy atom. The van der Waals surface area contributed by atoms with Crippen molar-refractivity contribution in [3.63, 3.8) is 0 Å². The highest BCUT2D eigenvalue weighted by Crippen LogP contribution is 2.30. The first-order valence-electron chi connectivity index (χ1n) is 5.64. The van der Waals surface area contributed by atoms with E-state index in [0.717, 1.165) is 24.0 Å². The topological polar surface area (TPSA) is 41.8 Å². The molecular formula is C14H10ClI2NO2. The zero-order chi connectivity index (χ0) is 14.5. The largest absolute Gasteiger partial charge is 0.487 e. The Bertz CT molecular complexity index is 624. The lowest BCUT2D eigenvalue weighted by molar-refractivity contribution is 0.302. The minimum atomic E-state index is 0.416. The van der Waals surface area contributed by atoms with Crippen molar-refractivity contribution in [2.24, 2.45) is 5.16 Å². The fourth-order valence-electron chi connectivity index (χ4n) is 1.62. The van der Waals surface area contributed by atoms with Crippen LogP contribution in [0, 0.1) is 7.14 Å². The second kappa shape index (κ2) is 7.46. The second-order valence-corrected chi connectivity index (χ2v) is 6.67. The van der Waals surface area contributed by atoms with E-state index in [-0.39, 0.29) is 0 Å². The van der Waals surface area contributed by atoms with Gasteiger partial charge in [-0.2, -0.15) is 0 Å². The maximum atomic E-state index is 8.57. The molecule has 3 nitrogen and oxygen atoms in total. The second-order valence-electron chi connectivity index (χ2n) is 3.94. The molecule has 2 aromatic carbocycles. The molecular weight excluding hydrogens is 503 g/mol. The number of hydrogen-bond donors (Lipinski definition) is 1. The van der Waals surface area contributed by atoms with Gasteiger partial charge < -0.3 is 9.94 Å². The predicted octanol–water partition coefficient (Wildman–Crippen LogP) is 4.94. The van der Waals surface area contributed by atoms with Gasteiger partial charge in [-0.05, 0) is 68.9 Å². The summed E-state index contributed by atoms with van der Waals surface area (Å²) in [5.74, 6) is 0.807. The molecule has 0 aromatic heterocycles. The zero-order valence-electron chi connectivity index (χ0n) is 10.2. The van der Waals surface area contributed by atoms with Crippen molar-refractivity contribution in [1.29, 1.82) is 0 Å². The summed E-state index contributed by atoms with van der Waals surface area (Å²) >= 11 is 10.5. The van der Waals surface area contributed by atoms with Crippen LogP contribution in [0.5, 0.6) is 5.75 Å². The SMILES string of the molecule is O/N=C\c1cc(I)c(OCc2ccccc2Cl)c(I)c1. The zero-order valence-corrected chi connectivity index (χ0v) is 15.3. The fraction of sp³-hybridized carbons (Fsp3) is 0.0714. The molecule has 0 atom stereocenters. The summed E-state index contributed by atoms with van der Waals surface area (Å²) in [7, 11) is 0. The van der Waals surface area contributed by atoms with Crippen LogP contribution >= 0.6 is 56.8 Å². The van der Waals surface area contributed by atoms with Crippen LogP contribution in [0.2, 0.25) is 5.02 Å². The quantitative estimate of drug-likeness (QED) is 0.273. The molecule has 0 aliphatic heterocycles. The van der Waals surface area contributed by atoms with Crippen molar-refractivity contribution in [2.75, 3.05) is 0 Å². The Morgan fingerprint density at radius 3 is 2.45 bits per heavy atom. The third kappa shape index (κ3) is 3.98. The molecule has 0 amide bonds.